The number of rotatable bonds is 2. The van der Waals surface area contributed by atoms with Gasteiger partial charge in [-0.05, 0) is 30.3 Å². The van der Waals surface area contributed by atoms with Crippen LogP contribution in [0.5, 0.6) is 0 Å². The molecule has 0 aliphatic heterocycles. The fourth-order valence-electron chi connectivity index (χ4n) is 2.04. The van der Waals surface area contributed by atoms with Gasteiger partial charge in [-0.2, -0.15) is 13.2 Å². The summed E-state index contributed by atoms with van der Waals surface area (Å²) in [7, 11) is 0. The number of nitrogens with two attached hydrogens (primary N) is 1. The van der Waals surface area contributed by atoms with E-state index >= 15 is 0 Å². The van der Waals surface area contributed by atoms with E-state index in [0.29, 0.717) is 23.0 Å². The van der Waals surface area contributed by atoms with Crippen LogP contribution in [0.1, 0.15) is 5.56 Å². The second-order valence-corrected chi connectivity index (χ2v) is 4.83. The molecule has 0 radical (unpaired) electrons. The number of hydrogen-bond donors (Lipinski definition) is 1. The Bertz CT molecular complexity index is 837. The summed E-state index contributed by atoms with van der Waals surface area (Å²) < 4.78 is 52.7. The molecule has 0 amide bonds. The highest BCUT2D eigenvalue weighted by atomic mass is 19.4. The number of alkyl halides is 3. The molecular weight excluding hydrogens is 312 g/mol. The Labute approximate surface area is 128 Å². The number of nitrogen functional groups attached to an aromatic ring is 1. The minimum atomic E-state index is -4.60. The molecule has 2 aromatic carbocycles. The number of aromatic nitrogens is 3. The summed E-state index contributed by atoms with van der Waals surface area (Å²) in [6.45, 7) is 0. The number of anilines is 1. The smallest absolute Gasteiger partial charge is 0.399 e. The summed E-state index contributed by atoms with van der Waals surface area (Å²) in [5.41, 5.74) is 6.14. The zero-order valence-corrected chi connectivity index (χ0v) is 11.5. The van der Waals surface area contributed by atoms with Crippen LogP contribution in [0.15, 0.2) is 48.7 Å². The number of nitrogens with zero attached hydrogens (tertiary/aromatic N) is 3. The van der Waals surface area contributed by atoms with E-state index in [2.05, 4.69) is 10.3 Å². The predicted octanol–water partition coefficient (Wildman–Crippen LogP) is 3.67. The van der Waals surface area contributed by atoms with E-state index in [1.807, 2.05) is 0 Å². The zero-order valence-electron chi connectivity index (χ0n) is 11.5. The van der Waals surface area contributed by atoms with Crippen molar-refractivity contribution in [3.8, 4) is 16.9 Å². The van der Waals surface area contributed by atoms with Crippen molar-refractivity contribution in [2.45, 2.75) is 6.18 Å². The summed E-state index contributed by atoms with van der Waals surface area (Å²) in [5.74, 6) is -1.03. The fourth-order valence-corrected chi connectivity index (χ4v) is 2.04. The summed E-state index contributed by atoms with van der Waals surface area (Å²) in [6, 6.07) is 9.02. The highest BCUT2D eigenvalue weighted by molar-refractivity contribution is 5.61. The van der Waals surface area contributed by atoms with Crippen molar-refractivity contribution < 1.29 is 17.6 Å². The maximum Gasteiger partial charge on any atom is 0.416 e. The monoisotopic (exact) mass is 322 g/mol. The number of hydrogen-bond acceptors (Lipinski definition) is 3. The van der Waals surface area contributed by atoms with Gasteiger partial charge in [-0.3, -0.25) is 0 Å². The Hall–Kier alpha value is -2.90. The molecule has 3 aromatic rings. The van der Waals surface area contributed by atoms with E-state index in [1.54, 1.807) is 24.3 Å². The summed E-state index contributed by atoms with van der Waals surface area (Å²) in [6.07, 6.45) is -3.17. The lowest BCUT2D eigenvalue weighted by Gasteiger charge is -2.08. The van der Waals surface area contributed by atoms with Gasteiger partial charge in [-0.25, -0.2) is 9.07 Å². The van der Waals surface area contributed by atoms with Crippen LogP contribution in [0.25, 0.3) is 16.9 Å². The predicted molar refractivity (Wildman–Crippen MR) is 76.2 cm³/mol. The van der Waals surface area contributed by atoms with Gasteiger partial charge < -0.3 is 5.73 Å². The molecule has 0 aliphatic rings. The van der Waals surface area contributed by atoms with Gasteiger partial charge in [0.05, 0.1) is 11.8 Å². The molecule has 0 atom stereocenters. The van der Waals surface area contributed by atoms with Crippen molar-refractivity contribution in [2.75, 3.05) is 5.73 Å². The van der Waals surface area contributed by atoms with Gasteiger partial charge in [0.1, 0.15) is 17.2 Å². The van der Waals surface area contributed by atoms with E-state index in [1.165, 1.54) is 6.20 Å². The molecule has 1 heterocycles. The standard InChI is InChI=1S/C15H10F4N4/c16-12-7-10(15(17,18)19)3-6-14(12)23-8-13(21-22-23)9-1-4-11(20)5-2-9/h1-8H,20H2. The first-order chi connectivity index (χ1) is 10.8. The van der Waals surface area contributed by atoms with Crippen LogP contribution in [-0.4, -0.2) is 15.0 Å². The molecule has 118 valence electrons. The molecule has 23 heavy (non-hydrogen) atoms. The van der Waals surface area contributed by atoms with Gasteiger partial charge >= 0.3 is 6.18 Å². The largest absolute Gasteiger partial charge is 0.416 e. The minimum absolute atomic E-state index is 0.118. The first-order valence-electron chi connectivity index (χ1n) is 6.50. The first-order valence-corrected chi connectivity index (χ1v) is 6.50. The van der Waals surface area contributed by atoms with Crippen molar-refractivity contribution in [1.29, 1.82) is 0 Å². The second-order valence-electron chi connectivity index (χ2n) is 4.83. The molecule has 0 spiro atoms. The number of benzene rings is 2. The topological polar surface area (TPSA) is 56.7 Å². The van der Waals surface area contributed by atoms with Crippen molar-refractivity contribution in [3.63, 3.8) is 0 Å². The van der Waals surface area contributed by atoms with Crippen molar-refractivity contribution in [3.05, 3.63) is 60.0 Å². The normalized spacial score (nSPS) is 11.7. The van der Waals surface area contributed by atoms with Crippen LogP contribution in [0.3, 0.4) is 0 Å². The molecule has 0 unspecified atom stereocenters. The number of halogens is 4. The summed E-state index contributed by atoms with van der Waals surface area (Å²) in [4.78, 5) is 0. The molecule has 8 heteroatoms. The molecule has 4 nitrogen and oxygen atoms in total. The molecule has 3 rings (SSSR count). The lowest BCUT2D eigenvalue weighted by molar-refractivity contribution is -0.137. The molecule has 0 saturated heterocycles. The molecule has 0 fully saturated rings. The average Bonchev–Trinajstić information content (AvgIpc) is 2.96. The van der Waals surface area contributed by atoms with E-state index in [9.17, 15) is 17.6 Å². The van der Waals surface area contributed by atoms with E-state index < -0.39 is 17.6 Å². The molecule has 0 bridgehead atoms. The van der Waals surface area contributed by atoms with Crippen LogP contribution in [0.4, 0.5) is 23.2 Å². The zero-order chi connectivity index (χ0) is 16.6. The Morgan fingerprint density at radius 3 is 2.30 bits per heavy atom. The van der Waals surface area contributed by atoms with Gasteiger partial charge in [0, 0.05) is 11.3 Å². The van der Waals surface area contributed by atoms with Crippen LogP contribution in [-0.2, 0) is 6.18 Å². The summed E-state index contributed by atoms with van der Waals surface area (Å²) >= 11 is 0. The van der Waals surface area contributed by atoms with Gasteiger partial charge in [0.25, 0.3) is 0 Å². The molecule has 0 aliphatic carbocycles. The van der Waals surface area contributed by atoms with Crippen molar-refractivity contribution in [1.82, 2.24) is 15.0 Å². The highest BCUT2D eigenvalue weighted by Gasteiger charge is 2.31. The highest BCUT2D eigenvalue weighted by Crippen LogP contribution is 2.31. The molecular formula is C15H10F4N4. The van der Waals surface area contributed by atoms with Crippen LogP contribution < -0.4 is 5.73 Å². The van der Waals surface area contributed by atoms with Crippen molar-refractivity contribution in [2.24, 2.45) is 0 Å². The SMILES string of the molecule is Nc1ccc(-c2cn(-c3ccc(C(F)(F)F)cc3F)nn2)cc1. The van der Waals surface area contributed by atoms with E-state index in [4.69, 9.17) is 5.73 Å². The van der Waals surface area contributed by atoms with E-state index in [-0.39, 0.29) is 5.69 Å². The Kier molecular flexibility index (Phi) is 3.51. The lowest BCUT2D eigenvalue weighted by atomic mass is 10.1. The molecule has 1 aromatic heterocycles. The van der Waals surface area contributed by atoms with Crippen LogP contribution in [0.2, 0.25) is 0 Å². The third-order valence-electron chi connectivity index (χ3n) is 3.22. The van der Waals surface area contributed by atoms with E-state index in [0.717, 1.165) is 16.8 Å². The lowest BCUT2D eigenvalue weighted by Crippen LogP contribution is -2.07. The maximum absolute atomic E-state index is 13.9. The van der Waals surface area contributed by atoms with Gasteiger partial charge in [-0.15, -0.1) is 5.10 Å². The Balaban J connectivity index is 1.96. The quantitative estimate of drug-likeness (QED) is 0.578. The van der Waals surface area contributed by atoms with Crippen LogP contribution >= 0.6 is 0 Å². The summed E-state index contributed by atoms with van der Waals surface area (Å²) in [5, 5.41) is 7.64. The maximum atomic E-state index is 13.9. The minimum Gasteiger partial charge on any atom is -0.399 e. The third kappa shape index (κ3) is 3.01. The van der Waals surface area contributed by atoms with Gasteiger partial charge in [0.15, 0.2) is 0 Å². The van der Waals surface area contributed by atoms with Gasteiger partial charge in [-0.1, -0.05) is 17.3 Å². The second kappa shape index (κ2) is 5.38. The van der Waals surface area contributed by atoms with Gasteiger partial charge in [0.2, 0.25) is 0 Å². The Morgan fingerprint density at radius 2 is 1.70 bits per heavy atom. The molecule has 0 saturated carbocycles. The average molecular weight is 322 g/mol. The Morgan fingerprint density at radius 1 is 1.00 bits per heavy atom. The first kappa shape index (κ1) is 15.0. The van der Waals surface area contributed by atoms with Crippen LogP contribution in [0, 0.1) is 5.82 Å². The molecule has 2 N–H and O–H groups in total. The van der Waals surface area contributed by atoms with Crippen molar-refractivity contribution >= 4 is 5.69 Å². The third-order valence-corrected chi connectivity index (χ3v) is 3.22. The fraction of sp³-hybridized carbons (Fsp3) is 0.0667.